The molecule has 4 heteroatoms. The average Bonchev–Trinajstić information content (AvgIpc) is 1.67. The quantitative estimate of drug-likeness (QED) is 0.531. The van der Waals surface area contributed by atoms with Gasteiger partial charge in [0.25, 0.3) is 0 Å². The molecule has 0 heterocycles. The molecule has 0 spiro atoms. The van der Waals surface area contributed by atoms with E-state index in [0.29, 0.717) is 0 Å². The van der Waals surface area contributed by atoms with E-state index in [-0.39, 0.29) is 11.6 Å². The highest BCUT2D eigenvalue weighted by Crippen LogP contribution is 1.83. The van der Waals surface area contributed by atoms with E-state index in [1.807, 2.05) is 0 Å². The molecule has 0 saturated heterocycles. The van der Waals surface area contributed by atoms with Crippen LogP contribution >= 0.6 is 0 Å². The molecule has 0 aliphatic rings. The van der Waals surface area contributed by atoms with Crippen LogP contribution < -0.4 is 5.73 Å². The van der Waals surface area contributed by atoms with Crippen molar-refractivity contribution >= 4 is 9.84 Å². The molecule has 48 valence electrons. The van der Waals surface area contributed by atoms with Crippen molar-refractivity contribution in [3.05, 3.63) is 12.7 Å². The first-order valence-electron chi connectivity index (χ1n) is 2.14. The third-order valence-electron chi connectivity index (χ3n) is 0.626. The van der Waals surface area contributed by atoms with Crippen molar-refractivity contribution in [3.8, 4) is 0 Å². The molecular formula is C4H9NO2S. The van der Waals surface area contributed by atoms with Gasteiger partial charge >= 0.3 is 0 Å². The summed E-state index contributed by atoms with van der Waals surface area (Å²) in [6.07, 6.45) is 1.32. The predicted octanol–water partition coefficient (Wildman–Crippen LogP) is -0.497. The van der Waals surface area contributed by atoms with Crippen molar-refractivity contribution in [2.45, 2.75) is 0 Å². The zero-order valence-corrected chi connectivity index (χ0v) is 5.32. The maximum Gasteiger partial charge on any atom is 0.166 e. The molecule has 0 atom stereocenters. The van der Waals surface area contributed by atoms with Gasteiger partial charge in [-0.15, -0.1) is 6.58 Å². The summed E-state index contributed by atoms with van der Waals surface area (Å²) in [7, 11) is -3.01. The summed E-state index contributed by atoms with van der Waals surface area (Å²) in [6.45, 7) is 3.26. The summed E-state index contributed by atoms with van der Waals surface area (Å²) < 4.78 is 20.8. The molecule has 3 nitrogen and oxygen atoms in total. The first kappa shape index (κ1) is 7.65. The zero-order chi connectivity index (χ0) is 6.62. The van der Waals surface area contributed by atoms with Gasteiger partial charge in [-0.25, -0.2) is 8.42 Å². The maximum absolute atomic E-state index is 10.4. The van der Waals surface area contributed by atoms with Crippen LogP contribution in [-0.2, 0) is 9.84 Å². The normalized spacial score (nSPS) is 11.1. The van der Waals surface area contributed by atoms with Crippen LogP contribution in [0, 0.1) is 0 Å². The molecule has 0 unspecified atom stereocenters. The van der Waals surface area contributed by atoms with Gasteiger partial charge in [0.15, 0.2) is 9.84 Å². The van der Waals surface area contributed by atoms with Crippen LogP contribution in [0.15, 0.2) is 12.7 Å². The highest BCUT2D eigenvalue weighted by Gasteiger charge is 2.01. The first-order chi connectivity index (χ1) is 3.62. The number of hydrogen-bond donors (Lipinski definition) is 1. The van der Waals surface area contributed by atoms with Crippen LogP contribution in [0.25, 0.3) is 0 Å². The van der Waals surface area contributed by atoms with Gasteiger partial charge in [0.1, 0.15) is 0 Å². The van der Waals surface area contributed by atoms with Crippen LogP contribution in [-0.4, -0.2) is 20.0 Å². The van der Waals surface area contributed by atoms with Crippen molar-refractivity contribution in [2.24, 2.45) is 5.73 Å². The first-order valence-corrected chi connectivity index (χ1v) is 3.96. The second kappa shape index (κ2) is 2.84. The number of hydrogen-bond acceptors (Lipinski definition) is 3. The Labute approximate surface area is 49.1 Å². The molecule has 0 aromatic carbocycles. The molecule has 0 aromatic heterocycles. The highest BCUT2D eigenvalue weighted by atomic mass is 32.2. The predicted molar refractivity (Wildman–Crippen MR) is 33.0 cm³/mol. The minimum Gasteiger partial charge on any atom is -0.318 e. The largest absolute Gasteiger partial charge is 0.318 e. The molecule has 0 fully saturated rings. The number of rotatable bonds is 3. The molecular weight excluding hydrogens is 126 g/mol. The summed E-state index contributed by atoms with van der Waals surface area (Å²) in [5.74, 6) is -0.317. The van der Waals surface area contributed by atoms with Crippen molar-refractivity contribution < 1.29 is 8.42 Å². The Morgan fingerprint density at radius 2 is 2.12 bits per heavy atom. The zero-order valence-electron chi connectivity index (χ0n) is 4.50. The summed E-state index contributed by atoms with van der Waals surface area (Å²) in [4.78, 5) is 0. The molecule has 0 rings (SSSR count). The van der Waals surface area contributed by atoms with Crippen molar-refractivity contribution in [1.82, 2.24) is 0 Å². The van der Waals surface area contributed by atoms with Gasteiger partial charge < -0.3 is 5.73 Å². The fraction of sp³-hybridized carbons (Fsp3) is 0.500. The van der Waals surface area contributed by atoms with Crippen molar-refractivity contribution in [2.75, 3.05) is 11.6 Å². The molecule has 0 aromatic rings. The fourth-order valence-electron chi connectivity index (χ4n) is 0.248. The standard InChI is InChI=1S/C4H9NO2S/c1-2-3-8(6,7)4-5/h2H,1,3-5H2. The van der Waals surface area contributed by atoms with Crippen LogP contribution in [0.5, 0.6) is 0 Å². The molecule has 0 bridgehead atoms. The van der Waals surface area contributed by atoms with Crippen molar-refractivity contribution in [1.29, 1.82) is 0 Å². The van der Waals surface area contributed by atoms with Crippen LogP contribution in [0.1, 0.15) is 0 Å². The van der Waals surface area contributed by atoms with Gasteiger partial charge in [-0.05, 0) is 0 Å². The number of sulfone groups is 1. The lowest BCUT2D eigenvalue weighted by atomic mass is 10.8. The van der Waals surface area contributed by atoms with E-state index in [0.717, 1.165) is 0 Å². The van der Waals surface area contributed by atoms with Crippen LogP contribution in [0.4, 0.5) is 0 Å². The summed E-state index contributed by atoms with van der Waals surface area (Å²) in [5, 5.41) is 0. The average molecular weight is 135 g/mol. The third kappa shape index (κ3) is 2.76. The van der Waals surface area contributed by atoms with Gasteiger partial charge in [-0.3, -0.25) is 0 Å². The molecule has 8 heavy (non-hydrogen) atoms. The van der Waals surface area contributed by atoms with E-state index in [1.54, 1.807) is 0 Å². The minimum absolute atomic E-state index is 0.0243. The third-order valence-corrected chi connectivity index (χ3v) is 1.88. The fourth-order valence-corrected chi connectivity index (χ4v) is 0.743. The van der Waals surface area contributed by atoms with E-state index in [4.69, 9.17) is 5.73 Å². The lowest BCUT2D eigenvalue weighted by Crippen LogP contribution is -2.16. The second-order valence-electron chi connectivity index (χ2n) is 1.37. The molecule has 0 aliphatic carbocycles. The van der Waals surface area contributed by atoms with Gasteiger partial charge in [-0.1, -0.05) is 6.08 Å². The second-order valence-corrected chi connectivity index (χ2v) is 3.52. The van der Waals surface area contributed by atoms with E-state index >= 15 is 0 Å². The van der Waals surface area contributed by atoms with E-state index < -0.39 is 9.84 Å². The number of nitrogens with two attached hydrogens (primary N) is 1. The Bertz CT molecular complexity index is 159. The summed E-state index contributed by atoms with van der Waals surface area (Å²) in [5.41, 5.74) is 4.86. The van der Waals surface area contributed by atoms with Crippen molar-refractivity contribution in [3.63, 3.8) is 0 Å². The molecule has 2 N–H and O–H groups in total. The summed E-state index contributed by atoms with van der Waals surface area (Å²) >= 11 is 0. The Hall–Kier alpha value is -0.350. The van der Waals surface area contributed by atoms with Gasteiger partial charge in [0.05, 0.1) is 11.6 Å². The molecule has 0 radical (unpaired) electrons. The highest BCUT2D eigenvalue weighted by molar-refractivity contribution is 7.91. The SMILES string of the molecule is C=CCS(=O)(=O)CN. The minimum atomic E-state index is -3.01. The van der Waals surface area contributed by atoms with E-state index in [9.17, 15) is 8.42 Å². The Morgan fingerprint density at radius 1 is 1.62 bits per heavy atom. The van der Waals surface area contributed by atoms with E-state index in [1.165, 1.54) is 6.08 Å². The molecule has 0 saturated carbocycles. The molecule has 0 aliphatic heterocycles. The van der Waals surface area contributed by atoms with Crippen LogP contribution in [0.2, 0.25) is 0 Å². The van der Waals surface area contributed by atoms with Gasteiger partial charge in [-0.2, -0.15) is 0 Å². The Morgan fingerprint density at radius 3 is 2.25 bits per heavy atom. The van der Waals surface area contributed by atoms with Gasteiger partial charge in [0, 0.05) is 0 Å². The lowest BCUT2D eigenvalue weighted by Gasteiger charge is -1.91. The monoisotopic (exact) mass is 135 g/mol. The lowest BCUT2D eigenvalue weighted by molar-refractivity contribution is 0.599. The molecule has 0 amide bonds. The maximum atomic E-state index is 10.4. The van der Waals surface area contributed by atoms with Crippen LogP contribution in [0.3, 0.4) is 0 Å². The smallest absolute Gasteiger partial charge is 0.166 e. The van der Waals surface area contributed by atoms with E-state index in [2.05, 4.69) is 6.58 Å². The topological polar surface area (TPSA) is 60.2 Å². The summed E-state index contributed by atoms with van der Waals surface area (Å²) in [6, 6.07) is 0. The Kier molecular flexibility index (Phi) is 2.71. The van der Waals surface area contributed by atoms with Gasteiger partial charge in [0.2, 0.25) is 0 Å². The Balaban J connectivity index is 3.94.